The Morgan fingerprint density at radius 3 is 2.56 bits per heavy atom. The molecule has 0 bridgehead atoms. The van der Waals surface area contributed by atoms with E-state index >= 15 is 0 Å². The third kappa shape index (κ3) is 3.61. The van der Waals surface area contributed by atoms with Crippen LogP contribution in [0.15, 0.2) is 12.2 Å². The average Bonchev–Trinajstić information content (AvgIpc) is 2.19. The van der Waals surface area contributed by atoms with E-state index in [2.05, 4.69) is 11.9 Å². The Morgan fingerprint density at radius 2 is 2.19 bits per heavy atom. The standard InChI is InChI=1S/C12H22N2O2/c1-5-14(6-10(2)3)11(15)7-16-12(4)8-13-9-12/h13H,2,5-9H2,1,3-4H3. The molecule has 1 saturated heterocycles. The summed E-state index contributed by atoms with van der Waals surface area (Å²) >= 11 is 0. The van der Waals surface area contributed by atoms with Crippen molar-refractivity contribution in [1.29, 1.82) is 0 Å². The molecule has 16 heavy (non-hydrogen) atoms. The molecule has 4 nitrogen and oxygen atoms in total. The molecule has 1 fully saturated rings. The van der Waals surface area contributed by atoms with E-state index in [0.29, 0.717) is 13.1 Å². The Bertz CT molecular complexity index is 272. The summed E-state index contributed by atoms with van der Waals surface area (Å²) in [6, 6.07) is 0. The highest BCUT2D eigenvalue weighted by Crippen LogP contribution is 2.15. The van der Waals surface area contributed by atoms with Crippen molar-refractivity contribution in [2.45, 2.75) is 26.4 Å². The Morgan fingerprint density at radius 1 is 1.56 bits per heavy atom. The average molecular weight is 226 g/mol. The number of nitrogens with one attached hydrogen (secondary N) is 1. The highest BCUT2D eigenvalue weighted by atomic mass is 16.5. The number of carbonyl (C=O) groups excluding carboxylic acids is 1. The van der Waals surface area contributed by atoms with Crippen molar-refractivity contribution in [2.75, 3.05) is 32.8 Å². The molecule has 0 spiro atoms. The molecule has 1 aliphatic heterocycles. The molecule has 0 aliphatic carbocycles. The van der Waals surface area contributed by atoms with Crippen LogP contribution in [0, 0.1) is 0 Å². The smallest absolute Gasteiger partial charge is 0.248 e. The first-order valence-electron chi connectivity index (χ1n) is 5.73. The molecular formula is C12H22N2O2. The second-order valence-electron chi connectivity index (χ2n) is 4.71. The lowest BCUT2D eigenvalue weighted by Gasteiger charge is -2.39. The maximum absolute atomic E-state index is 11.8. The monoisotopic (exact) mass is 226 g/mol. The van der Waals surface area contributed by atoms with Gasteiger partial charge in [0.05, 0.1) is 5.60 Å². The van der Waals surface area contributed by atoms with Gasteiger partial charge < -0.3 is 15.0 Å². The molecule has 0 radical (unpaired) electrons. The molecule has 1 N–H and O–H groups in total. The Balaban J connectivity index is 2.34. The summed E-state index contributed by atoms with van der Waals surface area (Å²) in [6.07, 6.45) is 0. The molecule has 1 aliphatic rings. The summed E-state index contributed by atoms with van der Waals surface area (Å²) in [4.78, 5) is 13.6. The van der Waals surface area contributed by atoms with E-state index < -0.39 is 0 Å². The fourth-order valence-corrected chi connectivity index (χ4v) is 1.61. The van der Waals surface area contributed by atoms with Crippen LogP contribution in [0.4, 0.5) is 0 Å². The van der Waals surface area contributed by atoms with Gasteiger partial charge in [0.25, 0.3) is 0 Å². The molecule has 1 rings (SSSR count). The third-order valence-electron chi connectivity index (χ3n) is 2.74. The number of likely N-dealkylation sites (N-methyl/N-ethyl adjacent to an activating group) is 1. The van der Waals surface area contributed by atoms with Crippen LogP contribution in [0.3, 0.4) is 0 Å². The van der Waals surface area contributed by atoms with E-state index in [4.69, 9.17) is 4.74 Å². The van der Waals surface area contributed by atoms with Crippen LogP contribution < -0.4 is 5.32 Å². The minimum Gasteiger partial charge on any atom is -0.363 e. The van der Waals surface area contributed by atoms with E-state index in [1.165, 1.54) is 0 Å². The summed E-state index contributed by atoms with van der Waals surface area (Å²) in [5, 5.41) is 3.14. The predicted octanol–water partition coefficient (Wildman–Crippen LogP) is 0.790. The van der Waals surface area contributed by atoms with E-state index in [9.17, 15) is 4.79 Å². The SMILES string of the molecule is C=C(C)CN(CC)C(=O)COC1(C)CNC1. The molecule has 1 amide bonds. The lowest BCUT2D eigenvalue weighted by atomic mass is 10.0. The third-order valence-corrected chi connectivity index (χ3v) is 2.74. The molecule has 4 heteroatoms. The van der Waals surface area contributed by atoms with Gasteiger partial charge in [0.2, 0.25) is 5.91 Å². The van der Waals surface area contributed by atoms with Gasteiger partial charge in [-0.2, -0.15) is 0 Å². The topological polar surface area (TPSA) is 41.6 Å². The zero-order valence-electron chi connectivity index (χ0n) is 10.5. The summed E-state index contributed by atoms with van der Waals surface area (Å²) < 4.78 is 5.61. The highest BCUT2D eigenvalue weighted by Gasteiger charge is 2.33. The van der Waals surface area contributed by atoms with Gasteiger partial charge in [-0.05, 0) is 20.8 Å². The summed E-state index contributed by atoms with van der Waals surface area (Å²) in [5.41, 5.74) is 0.838. The second-order valence-corrected chi connectivity index (χ2v) is 4.71. The number of ether oxygens (including phenoxy) is 1. The quantitative estimate of drug-likeness (QED) is 0.681. The minimum atomic E-state index is -0.154. The van der Waals surface area contributed by atoms with E-state index in [1.54, 1.807) is 4.90 Å². The molecule has 1 heterocycles. The van der Waals surface area contributed by atoms with Gasteiger partial charge in [-0.15, -0.1) is 0 Å². The number of amides is 1. The fraction of sp³-hybridized carbons (Fsp3) is 0.750. The zero-order valence-corrected chi connectivity index (χ0v) is 10.5. The van der Waals surface area contributed by atoms with Gasteiger partial charge in [0, 0.05) is 26.2 Å². The number of carbonyl (C=O) groups is 1. The molecule has 0 aromatic heterocycles. The molecular weight excluding hydrogens is 204 g/mol. The van der Waals surface area contributed by atoms with Crippen molar-refractivity contribution in [3.05, 3.63) is 12.2 Å². The van der Waals surface area contributed by atoms with E-state index in [-0.39, 0.29) is 18.1 Å². The lowest BCUT2D eigenvalue weighted by Crippen LogP contribution is -2.59. The van der Waals surface area contributed by atoms with Gasteiger partial charge in [0.15, 0.2) is 0 Å². The first kappa shape index (κ1) is 13.2. The van der Waals surface area contributed by atoms with Gasteiger partial charge >= 0.3 is 0 Å². The number of rotatable bonds is 6. The van der Waals surface area contributed by atoms with Crippen LogP contribution in [0.25, 0.3) is 0 Å². The van der Waals surface area contributed by atoms with Crippen LogP contribution in [0.2, 0.25) is 0 Å². The predicted molar refractivity (Wildman–Crippen MR) is 64.3 cm³/mol. The van der Waals surface area contributed by atoms with Crippen molar-refractivity contribution in [3.8, 4) is 0 Å². The fourth-order valence-electron chi connectivity index (χ4n) is 1.61. The van der Waals surface area contributed by atoms with Gasteiger partial charge in [-0.25, -0.2) is 0 Å². The highest BCUT2D eigenvalue weighted by molar-refractivity contribution is 5.77. The second kappa shape index (κ2) is 5.46. The van der Waals surface area contributed by atoms with Crippen LogP contribution in [-0.2, 0) is 9.53 Å². The van der Waals surface area contributed by atoms with Gasteiger partial charge in [0.1, 0.15) is 6.61 Å². The molecule has 0 aromatic carbocycles. The van der Waals surface area contributed by atoms with Crippen molar-refractivity contribution in [1.82, 2.24) is 10.2 Å². The number of hydrogen-bond donors (Lipinski definition) is 1. The lowest BCUT2D eigenvalue weighted by molar-refractivity contribution is -0.145. The van der Waals surface area contributed by atoms with Crippen LogP contribution in [0.5, 0.6) is 0 Å². The zero-order chi connectivity index (χ0) is 12.2. The van der Waals surface area contributed by atoms with Crippen molar-refractivity contribution < 1.29 is 9.53 Å². The maximum Gasteiger partial charge on any atom is 0.248 e. The normalized spacial score (nSPS) is 17.7. The van der Waals surface area contributed by atoms with E-state index in [0.717, 1.165) is 18.7 Å². The maximum atomic E-state index is 11.8. The van der Waals surface area contributed by atoms with Crippen molar-refractivity contribution in [3.63, 3.8) is 0 Å². The Kier molecular flexibility index (Phi) is 4.50. The number of hydrogen-bond acceptors (Lipinski definition) is 3. The Hall–Kier alpha value is -0.870. The van der Waals surface area contributed by atoms with Crippen molar-refractivity contribution in [2.24, 2.45) is 0 Å². The summed E-state index contributed by atoms with van der Waals surface area (Å²) in [6.45, 7) is 12.9. The van der Waals surface area contributed by atoms with Crippen LogP contribution in [0.1, 0.15) is 20.8 Å². The first-order valence-corrected chi connectivity index (χ1v) is 5.73. The van der Waals surface area contributed by atoms with Gasteiger partial charge in [-0.1, -0.05) is 12.2 Å². The summed E-state index contributed by atoms with van der Waals surface area (Å²) in [7, 11) is 0. The molecule has 0 aromatic rings. The van der Waals surface area contributed by atoms with Crippen LogP contribution >= 0.6 is 0 Å². The number of nitrogens with zero attached hydrogens (tertiary/aromatic N) is 1. The van der Waals surface area contributed by atoms with Gasteiger partial charge in [-0.3, -0.25) is 4.79 Å². The Labute approximate surface area is 97.6 Å². The minimum absolute atomic E-state index is 0.0404. The largest absolute Gasteiger partial charge is 0.363 e. The first-order chi connectivity index (χ1) is 7.47. The molecule has 0 atom stereocenters. The van der Waals surface area contributed by atoms with Crippen molar-refractivity contribution >= 4 is 5.91 Å². The molecule has 92 valence electrons. The van der Waals surface area contributed by atoms with Crippen LogP contribution in [-0.4, -0.2) is 49.2 Å². The molecule has 0 saturated carbocycles. The van der Waals surface area contributed by atoms with E-state index in [1.807, 2.05) is 20.8 Å². The summed E-state index contributed by atoms with van der Waals surface area (Å²) in [5.74, 6) is 0.0404. The molecule has 0 unspecified atom stereocenters.